The zero-order valence-corrected chi connectivity index (χ0v) is 18.1. The van der Waals surface area contributed by atoms with Crippen LogP contribution >= 0.6 is 0 Å². The highest BCUT2D eigenvalue weighted by atomic mass is 16.5. The number of nitrogens with one attached hydrogen (secondary N) is 1. The maximum atomic E-state index is 13.0. The van der Waals surface area contributed by atoms with Gasteiger partial charge in [-0.1, -0.05) is 26.0 Å². The monoisotopic (exact) mass is 409 g/mol. The van der Waals surface area contributed by atoms with Gasteiger partial charge in [-0.25, -0.2) is 0 Å². The highest BCUT2D eigenvalue weighted by molar-refractivity contribution is 5.99. The van der Waals surface area contributed by atoms with Crippen molar-refractivity contribution in [1.82, 2.24) is 9.88 Å². The Bertz CT molecular complexity index is 1040. The number of benzene rings is 2. The minimum Gasteiger partial charge on any atom is -0.491 e. The van der Waals surface area contributed by atoms with E-state index in [2.05, 4.69) is 5.32 Å². The normalized spacial score (nSPS) is 11.8. The third-order valence-electron chi connectivity index (χ3n) is 4.92. The first-order chi connectivity index (χ1) is 14.2. The van der Waals surface area contributed by atoms with Crippen LogP contribution in [0.2, 0.25) is 0 Å². The molecule has 0 fully saturated rings. The molecule has 0 radical (unpaired) electrons. The molecule has 1 heterocycles. The van der Waals surface area contributed by atoms with Crippen molar-refractivity contribution in [1.29, 1.82) is 0 Å². The summed E-state index contributed by atoms with van der Waals surface area (Å²) in [6.07, 6.45) is 0.0897. The van der Waals surface area contributed by atoms with Crippen LogP contribution in [-0.4, -0.2) is 34.8 Å². The Hall–Kier alpha value is -2.99. The standard InChI is InChI=1S/C24H31N3O3/c1-16(2)30-20-7-5-6-17(10-20)13-27-21-9-8-19(25)11-18(21)12-22(27)23(29)26-14-24(3,4)15-28/h5-12,16,28H,13-15,25H2,1-4H3,(H,26,29). The lowest BCUT2D eigenvalue weighted by atomic mass is 9.95. The Morgan fingerprint density at radius 3 is 2.67 bits per heavy atom. The maximum absolute atomic E-state index is 13.0. The van der Waals surface area contributed by atoms with Gasteiger partial charge in [0.15, 0.2) is 0 Å². The number of fused-ring (bicyclic) bond motifs is 1. The molecule has 0 saturated carbocycles. The molecule has 6 heteroatoms. The number of aliphatic hydroxyl groups is 1. The van der Waals surface area contributed by atoms with Crippen LogP contribution in [-0.2, 0) is 6.54 Å². The molecule has 0 bridgehead atoms. The number of hydrogen-bond acceptors (Lipinski definition) is 4. The minimum absolute atomic E-state index is 0.00452. The second-order valence-electron chi connectivity index (χ2n) is 8.75. The van der Waals surface area contributed by atoms with Crippen LogP contribution in [0.15, 0.2) is 48.5 Å². The number of hydrogen-bond donors (Lipinski definition) is 3. The molecule has 6 nitrogen and oxygen atoms in total. The molecule has 0 atom stereocenters. The Kier molecular flexibility index (Phi) is 6.37. The molecule has 1 amide bonds. The van der Waals surface area contributed by atoms with E-state index in [0.717, 1.165) is 22.2 Å². The summed E-state index contributed by atoms with van der Waals surface area (Å²) < 4.78 is 7.81. The zero-order chi connectivity index (χ0) is 21.9. The van der Waals surface area contributed by atoms with E-state index in [9.17, 15) is 9.90 Å². The lowest BCUT2D eigenvalue weighted by molar-refractivity contribution is 0.0903. The fourth-order valence-corrected chi connectivity index (χ4v) is 3.29. The van der Waals surface area contributed by atoms with Crippen LogP contribution < -0.4 is 15.8 Å². The zero-order valence-electron chi connectivity index (χ0n) is 18.1. The van der Waals surface area contributed by atoms with Crippen molar-refractivity contribution in [3.05, 3.63) is 59.8 Å². The van der Waals surface area contributed by atoms with Crippen molar-refractivity contribution in [2.75, 3.05) is 18.9 Å². The van der Waals surface area contributed by atoms with Gasteiger partial charge < -0.3 is 25.5 Å². The lowest BCUT2D eigenvalue weighted by Crippen LogP contribution is -2.36. The number of carbonyl (C=O) groups is 1. The molecule has 0 unspecified atom stereocenters. The van der Waals surface area contributed by atoms with E-state index in [1.54, 1.807) is 0 Å². The first kappa shape index (κ1) is 21.7. The molecule has 0 saturated heterocycles. The summed E-state index contributed by atoms with van der Waals surface area (Å²) in [5, 5.41) is 13.3. The quantitative estimate of drug-likeness (QED) is 0.494. The summed E-state index contributed by atoms with van der Waals surface area (Å²) in [6.45, 7) is 8.70. The van der Waals surface area contributed by atoms with Crippen molar-refractivity contribution in [3.8, 4) is 5.75 Å². The third-order valence-corrected chi connectivity index (χ3v) is 4.92. The van der Waals surface area contributed by atoms with Gasteiger partial charge in [-0.3, -0.25) is 4.79 Å². The van der Waals surface area contributed by atoms with Crippen LogP contribution in [0.3, 0.4) is 0 Å². The van der Waals surface area contributed by atoms with Gasteiger partial charge in [-0.2, -0.15) is 0 Å². The Morgan fingerprint density at radius 1 is 1.20 bits per heavy atom. The maximum Gasteiger partial charge on any atom is 0.267 e. The number of nitrogen functional groups attached to an aromatic ring is 1. The van der Waals surface area contributed by atoms with Crippen LogP contribution in [0.4, 0.5) is 5.69 Å². The number of nitrogens with zero attached hydrogens (tertiary/aromatic N) is 1. The molecule has 30 heavy (non-hydrogen) atoms. The molecule has 1 aromatic heterocycles. The number of rotatable bonds is 8. The van der Waals surface area contributed by atoms with Gasteiger partial charge in [0.25, 0.3) is 5.91 Å². The van der Waals surface area contributed by atoms with Crippen molar-refractivity contribution < 1.29 is 14.6 Å². The molecule has 0 spiro atoms. The summed E-state index contributed by atoms with van der Waals surface area (Å²) in [6, 6.07) is 15.4. The van der Waals surface area contributed by atoms with Crippen LogP contribution in [0.1, 0.15) is 43.7 Å². The molecule has 4 N–H and O–H groups in total. The van der Waals surface area contributed by atoms with Crippen molar-refractivity contribution in [3.63, 3.8) is 0 Å². The molecule has 0 aliphatic carbocycles. The van der Waals surface area contributed by atoms with Gasteiger partial charge >= 0.3 is 0 Å². The highest BCUT2D eigenvalue weighted by Crippen LogP contribution is 2.25. The van der Waals surface area contributed by atoms with Crippen LogP contribution in [0.5, 0.6) is 5.75 Å². The van der Waals surface area contributed by atoms with Gasteiger partial charge in [0, 0.05) is 41.7 Å². The van der Waals surface area contributed by atoms with Crippen molar-refractivity contribution in [2.24, 2.45) is 5.41 Å². The van der Waals surface area contributed by atoms with Gasteiger partial charge in [0.2, 0.25) is 0 Å². The average molecular weight is 410 g/mol. The number of aromatic nitrogens is 1. The molecular formula is C24H31N3O3. The fraction of sp³-hybridized carbons (Fsp3) is 0.375. The molecule has 0 aliphatic heterocycles. The van der Waals surface area contributed by atoms with Crippen molar-refractivity contribution >= 4 is 22.5 Å². The number of anilines is 1. The molecule has 160 valence electrons. The van der Waals surface area contributed by atoms with E-state index >= 15 is 0 Å². The van der Waals surface area contributed by atoms with E-state index in [4.69, 9.17) is 10.5 Å². The Labute approximate surface area is 177 Å². The predicted octanol–water partition coefficient (Wildman–Crippen LogP) is 3.81. The van der Waals surface area contributed by atoms with E-state index in [0.29, 0.717) is 24.5 Å². The van der Waals surface area contributed by atoms with Crippen LogP contribution in [0, 0.1) is 5.41 Å². The first-order valence-corrected chi connectivity index (χ1v) is 10.2. The molecule has 2 aromatic carbocycles. The van der Waals surface area contributed by atoms with Gasteiger partial charge in [-0.05, 0) is 55.8 Å². The number of ether oxygens (including phenoxy) is 1. The third kappa shape index (κ3) is 5.13. The van der Waals surface area contributed by atoms with E-state index in [1.807, 2.05) is 80.8 Å². The Balaban J connectivity index is 1.96. The number of aliphatic hydroxyl groups excluding tert-OH is 1. The second-order valence-corrected chi connectivity index (χ2v) is 8.75. The van der Waals surface area contributed by atoms with Gasteiger partial charge in [0.05, 0.1) is 6.10 Å². The summed E-state index contributed by atoms with van der Waals surface area (Å²) in [5.41, 5.74) is 8.75. The number of carbonyl (C=O) groups excluding carboxylic acids is 1. The largest absolute Gasteiger partial charge is 0.491 e. The summed E-state index contributed by atoms with van der Waals surface area (Å²) in [4.78, 5) is 13.0. The smallest absolute Gasteiger partial charge is 0.267 e. The summed E-state index contributed by atoms with van der Waals surface area (Å²) in [5.74, 6) is 0.625. The van der Waals surface area contributed by atoms with E-state index < -0.39 is 0 Å². The molecule has 0 aliphatic rings. The van der Waals surface area contributed by atoms with E-state index in [-0.39, 0.29) is 24.0 Å². The average Bonchev–Trinajstić information content (AvgIpc) is 3.03. The lowest BCUT2D eigenvalue weighted by Gasteiger charge is -2.22. The van der Waals surface area contributed by atoms with Crippen molar-refractivity contribution in [2.45, 2.75) is 40.3 Å². The van der Waals surface area contributed by atoms with Gasteiger partial charge in [-0.15, -0.1) is 0 Å². The minimum atomic E-state index is -0.389. The SMILES string of the molecule is CC(C)Oc1cccc(Cn2c(C(=O)NCC(C)(C)CO)cc3cc(N)ccc32)c1. The summed E-state index contributed by atoms with van der Waals surface area (Å²) >= 11 is 0. The first-order valence-electron chi connectivity index (χ1n) is 10.2. The number of nitrogens with two attached hydrogens (primary N) is 1. The number of amides is 1. The van der Waals surface area contributed by atoms with Gasteiger partial charge in [0.1, 0.15) is 11.4 Å². The fourth-order valence-electron chi connectivity index (χ4n) is 3.29. The van der Waals surface area contributed by atoms with E-state index in [1.165, 1.54) is 0 Å². The Morgan fingerprint density at radius 2 is 1.97 bits per heavy atom. The molecule has 3 aromatic rings. The molecule has 3 rings (SSSR count). The molecular weight excluding hydrogens is 378 g/mol. The second kappa shape index (κ2) is 8.79. The highest BCUT2D eigenvalue weighted by Gasteiger charge is 2.21. The predicted molar refractivity (Wildman–Crippen MR) is 121 cm³/mol. The van der Waals surface area contributed by atoms with Crippen LogP contribution in [0.25, 0.3) is 10.9 Å². The summed E-state index contributed by atoms with van der Waals surface area (Å²) in [7, 11) is 0. The topological polar surface area (TPSA) is 89.5 Å².